The number of para-hydroxylation sites is 1. The molecule has 1 N–H and O–H groups in total. The number of fused-ring (bicyclic) bond motifs is 4. The molecule has 4 atom stereocenters. The van der Waals surface area contributed by atoms with E-state index < -0.39 is 17.5 Å². The van der Waals surface area contributed by atoms with Crippen molar-refractivity contribution in [3.8, 4) is 5.75 Å². The maximum atomic E-state index is 13.5. The lowest BCUT2D eigenvalue weighted by atomic mass is 9.77. The Balaban J connectivity index is 1.34. The number of rotatable bonds is 5. The predicted molar refractivity (Wildman–Crippen MR) is 127 cm³/mol. The first-order valence-electron chi connectivity index (χ1n) is 11.8. The Morgan fingerprint density at radius 2 is 1.83 bits per heavy atom. The second kappa shape index (κ2) is 8.16. The highest BCUT2D eigenvalue weighted by atomic mass is 19.1. The van der Waals surface area contributed by atoms with E-state index in [9.17, 15) is 19.3 Å². The molecule has 3 aliphatic heterocycles. The van der Waals surface area contributed by atoms with Crippen LogP contribution in [-0.4, -0.2) is 34.4 Å². The molecule has 3 heterocycles. The number of carbonyl (C=O) groups excluding carboxylic acids is 1. The number of carbonyl (C=O) groups is 1. The molecule has 0 aliphatic carbocycles. The van der Waals surface area contributed by atoms with E-state index in [-0.39, 0.29) is 29.3 Å². The van der Waals surface area contributed by atoms with Crippen LogP contribution in [0.25, 0.3) is 0 Å². The Morgan fingerprint density at radius 1 is 1.09 bits per heavy atom. The van der Waals surface area contributed by atoms with E-state index in [2.05, 4.69) is 10.2 Å². The van der Waals surface area contributed by atoms with E-state index in [1.165, 1.54) is 12.1 Å². The summed E-state index contributed by atoms with van der Waals surface area (Å²) in [6.07, 6.45) is 1.69. The third-order valence-corrected chi connectivity index (χ3v) is 7.68. The number of nitrogens with one attached hydrogen (secondary N) is 1. The normalized spacial score (nSPS) is 27.0. The lowest BCUT2D eigenvalue weighted by Crippen LogP contribution is -2.55. The summed E-state index contributed by atoms with van der Waals surface area (Å²) >= 11 is 0. The van der Waals surface area contributed by atoms with Crippen molar-refractivity contribution in [2.75, 3.05) is 11.9 Å². The first-order valence-corrected chi connectivity index (χ1v) is 11.8. The highest BCUT2D eigenvalue weighted by molar-refractivity contribution is 6.07. The molecular formula is C27H24FN3O4. The van der Waals surface area contributed by atoms with E-state index in [1.54, 1.807) is 12.1 Å². The van der Waals surface area contributed by atoms with Crippen molar-refractivity contribution >= 4 is 11.6 Å². The molecule has 0 unspecified atom stereocenters. The van der Waals surface area contributed by atoms with E-state index in [0.717, 1.165) is 24.0 Å². The van der Waals surface area contributed by atoms with Crippen LogP contribution in [0, 0.1) is 15.9 Å². The molecule has 1 amide bonds. The molecule has 6 rings (SSSR count). The monoisotopic (exact) mass is 473 g/mol. The van der Waals surface area contributed by atoms with E-state index in [4.69, 9.17) is 4.74 Å². The van der Waals surface area contributed by atoms with Gasteiger partial charge in [0.1, 0.15) is 18.2 Å². The van der Waals surface area contributed by atoms with Crippen molar-refractivity contribution in [2.24, 2.45) is 0 Å². The quantitative estimate of drug-likeness (QED) is 0.437. The summed E-state index contributed by atoms with van der Waals surface area (Å²) in [7, 11) is 0. The smallest absolute Gasteiger partial charge is 0.256 e. The van der Waals surface area contributed by atoms with Crippen LogP contribution in [0.2, 0.25) is 0 Å². The largest absolute Gasteiger partial charge is 0.489 e. The van der Waals surface area contributed by atoms with Gasteiger partial charge in [-0.25, -0.2) is 4.39 Å². The van der Waals surface area contributed by atoms with Gasteiger partial charge in [0.05, 0.1) is 5.92 Å². The van der Waals surface area contributed by atoms with Crippen molar-refractivity contribution in [1.29, 1.82) is 0 Å². The number of ether oxygens (including phenoxy) is 1. The van der Waals surface area contributed by atoms with Crippen LogP contribution in [0.1, 0.15) is 35.4 Å². The van der Waals surface area contributed by atoms with Gasteiger partial charge in [0.25, 0.3) is 11.9 Å². The van der Waals surface area contributed by atoms with Crippen molar-refractivity contribution < 1.29 is 18.8 Å². The number of halogens is 1. The minimum absolute atomic E-state index is 0.103. The zero-order valence-corrected chi connectivity index (χ0v) is 18.9. The maximum absolute atomic E-state index is 13.5. The van der Waals surface area contributed by atoms with Gasteiger partial charge in [-0.15, -0.1) is 0 Å². The summed E-state index contributed by atoms with van der Waals surface area (Å²) < 4.78 is 19.0. The number of hydrogen-bond acceptors (Lipinski definition) is 5. The number of benzene rings is 3. The molecule has 8 heteroatoms. The van der Waals surface area contributed by atoms with Gasteiger partial charge in [-0.05, 0) is 54.3 Å². The zero-order chi connectivity index (χ0) is 24.2. The highest BCUT2D eigenvalue weighted by Gasteiger charge is 2.73. The van der Waals surface area contributed by atoms with Gasteiger partial charge in [0, 0.05) is 28.8 Å². The molecule has 178 valence electrons. The first-order chi connectivity index (χ1) is 17.0. The summed E-state index contributed by atoms with van der Waals surface area (Å²) in [6.45, 7) is 0.934. The third-order valence-electron chi connectivity index (χ3n) is 7.68. The van der Waals surface area contributed by atoms with Crippen LogP contribution in [-0.2, 0) is 16.9 Å². The van der Waals surface area contributed by atoms with E-state index in [1.807, 2.05) is 48.5 Å². The molecule has 1 spiro atoms. The van der Waals surface area contributed by atoms with Crippen molar-refractivity contribution in [3.05, 3.63) is 105 Å². The molecule has 7 nitrogen and oxygen atoms in total. The summed E-state index contributed by atoms with van der Waals surface area (Å²) in [4.78, 5) is 27.9. The summed E-state index contributed by atoms with van der Waals surface area (Å²) in [5.74, 6) is -0.424. The van der Waals surface area contributed by atoms with Crippen LogP contribution in [0.15, 0.2) is 72.8 Å². The fraction of sp³-hybridized carbons (Fsp3) is 0.296. The summed E-state index contributed by atoms with van der Waals surface area (Å²) in [5, 5.41) is 15.5. The van der Waals surface area contributed by atoms with Crippen LogP contribution in [0.5, 0.6) is 5.75 Å². The lowest BCUT2D eigenvalue weighted by molar-refractivity contribution is -0.534. The minimum Gasteiger partial charge on any atom is -0.489 e. The van der Waals surface area contributed by atoms with Gasteiger partial charge < -0.3 is 10.1 Å². The molecule has 0 bridgehead atoms. The number of nitrogens with zero attached hydrogens (tertiary/aromatic N) is 2. The summed E-state index contributed by atoms with van der Waals surface area (Å²) in [5.41, 5.74) is 1.70. The molecule has 35 heavy (non-hydrogen) atoms. The van der Waals surface area contributed by atoms with Gasteiger partial charge in [-0.1, -0.05) is 42.5 Å². The topological polar surface area (TPSA) is 84.7 Å². The van der Waals surface area contributed by atoms with E-state index >= 15 is 0 Å². The van der Waals surface area contributed by atoms with Gasteiger partial charge in [-0.3, -0.25) is 19.8 Å². The third kappa shape index (κ3) is 3.24. The average Bonchev–Trinajstić information content (AvgIpc) is 3.52. The van der Waals surface area contributed by atoms with E-state index in [0.29, 0.717) is 23.5 Å². The molecule has 2 saturated heterocycles. The Hall–Kier alpha value is -3.78. The van der Waals surface area contributed by atoms with Crippen LogP contribution < -0.4 is 10.1 Å². The molecule has 0 radical (unpaired) electrons. The standard InChI is InChI=1S/C27H24FN3O4/c28-19-11-7-17(8-12-19)16-35-20-13-9-18(10-14-20)24-23-6-3-15-30(23)27(25(24)31(33)34)21-4-1-2-5-22(21)29-26(27)32/h1-2,4-5,7-14,23-25H,3,6,15-16H2,(H,29,32)/t23-,24+,25+,27-/m0/s1. The summed E-state index contributed by atoms with van der Waals surface area (Å²) in [6, 6.07) is 19.6. The lowest BCUT2D eigenvalue weighted by Gasteiger charge is -2.32. The molecular weight excluding hydrogens is 449 g/mol. The van der Waals surface area contributed by atoms with Crippen LogP contribution in [0.3, 0.4) is 0 Å². The van der Waals surface area contributed by atoms with Crippen molar-refractivity contribution in [1.82, 2.24) is 4.90 Å². The Morgan fingerprint density at radius 3 is 2.57 bits per heavy atom. The Labute approximate surface area is 201 Å². The second-order valence-electron chi connectivity index (χ2n) is 9.41. The molecule has 0 saturated carbocycles. The minimum atomic E-state index is -1.32. The number of nitro groups is 1. The van der Waals surface area contributed by atoms with Gasteiger partial charge in [0.2, 0.25) is 0 Å². The molecule has 2 fully saturated rings. The highest BCUT2D eigenvalue weighted by Crippen LogP contribution is 2.58. The molecule has 3 aliphatic rings. The number of hydrogen-bond donors (Lipinski definition) is 1. The van der Waals surface area contributed by atoms with Crippen molar-refractivity contribution in [2.45, 2.75) is 43.0 Å². The second-order valence-corrected chi connectivity index (χ2v) is 9.41. The fourth-order valence-corrected chi connectivity index (χ4v) is 6.31. The molecule has 0 aromatic heterocycles. The van der Waals surface area contributed by atoms with Crippen LogP contribution >= 0.6 is 0 Å². The average molecular weight is 474 g/mol. The SMILES string of the molecule is O=C1Nc2ccccc2[C@]12[C@H]([N+](=O)[O-])[C@H](c1ccc(OCc3ccc(F)cc3)cc1)[C@@H]1CCCN12. The van der Waals surface area contributed by atoms with Gasteiger partial charge in [-0.2, -0.15) is 0 Å². The molecule has 3 aromatic rings. The maximum Gasteiger partial charge on any atom is 0.256 e. The van der Waals surface area contributed by atoms with Gasteiger partial charge >= 0.3 is 0 Å². The fourth-order valence-electron chi connectivity index (χ4n) is 6.31. The predicted octanol–water partition coefficient (Wildman–Crippen LogP) is 4.46. The zero-order valence-electron chi connectivity index (χ0n) is 18.9. The number of amides is 1. The first kappa shape index (κ1) is 21.7. The number of anilines is 1. The van der Waals surface area contributed by atoms with Crippen molar-refractivity contribution in [3.63, 3.8) is 0 Å². The molecule has 3 aromatic carbocycles. The Bertz CT molecular complexity index is 1300. The van der Waals surface area contributed by atoms with Crippen LogP contribution in [0.4, 0.5) is 10.1 Å². The van der Waals surface area contributed by atoms with Gasteiger partial charge in [0.15, 0.2) is 5.54 Å². The Kier molecular flexibility index (Phi) is 5.07.